The largest absolute Gasteiger partial charge is 0.489 e. The molecular weight excluding hydrogens is 292 g/mol. The predicted molar refractivity (Wildman–Crippen MR) is 86.2 cm³/mol. The third-order valence-electron chi connectivity index (χ3n) is 4.66. The summed E-state index contributed by atoms with van der Waals surface area (Å²) in [7, 11) is 0. The molecule has 1 aromatic heterocycles. The van der Waals surface area contributed by atoms with Gasteiger partial charge in [0.15, 0.2) is 12.0 Å². The van der Waals surface area contributed by atoms with Crippen LogP contribution < -0.4 is 4.74 Å². The van der Waals surface area contributed by atoms with Crippen molar-refractivity contribution >= 4 is 0 Å². The van der Waals surface area contributed by atoms with Crippen LogP contribution in [0.3, 0.4) is 0 Å². The molecule has 1 aliphatic rings. The minimum atomic E-state index is -1.34. The van der Waals surface area contributed by atoms with Crippen molar-refractivity contribution in [2.24, 2.45) is 5.92 Å². The van der Waals surface area contributed by atoms with Crippen LogP contribution in [0.15, 0.2) is 30.5 Å². The molecule has 1 fully saturated rings. The van der Waals surface area contributed by atoms with Gasteiger partial charge >= 0.3 is 0 Å². The van der Waals surface area contributed by atoms with E-state index in [-0.39, 0.29) is 11.3 Å². The molecule has 5 heteroatoms. The fourth-order valence-corrected chi connectivity index (χ4v) is 3.11. The summed E-state index contributed by atoms with van der Waals surface area (Å²) in [5.41, 5.74) is 2.68. The van der Waals surface area contributed by atoms with Gasteiger partial charge in [-0.3, -0.25) is 0 Å². The molecule has 0 aliphatic heterocycles. The van der Waals surface area contributed by atoms with Crippen molar-refractivity contribution < 1.29 is 14.9 Å². The molecule has 2 unspecified atom stereocenters. The summed E-state index contributed by atoms with van der Waals surface area (Å²) < 4.78 is 5.94. The van der Waals surface area contributed by atoms with E-state index in [1.54, 1.807) is 6.20 Å². The average molecular weight is 314 g/mol. The lowest BCUT2D eigenvalue weighted by molar-refractivity contribution is -0.0636. The molecule has 1 heterocycles. The SMILES string of the molecule is Cc1ccc(C2(COc3cnc(C)nc3C)CC2C(O)O)cc1. The van der Waals surface area contributed by atoms with Crippen molar-refractivity contribution in [2.45, 2.75) is 38.9 Å². The molecule has 0 bridgehead atoms. The van der Waals surface area contributed by atoms with Crippen LogP contribution in [0.25, 0.3) is 0 Å². The summed E-state index contributed by atoms with van der Waals surface area (Å²) in [6.45, 7) is 6.13. The quantitative estimate of drug-likeness (QED) is 0.826. The standard InChI is InChI=1S/C18H22N2O3/c1-11-4-6-14(7-5-11)18(8-15(18)17(21)22)10-23-16-9-19-13(3)20-12(16)2/h4-7,9,15,17,21-22H,8,10H2,1-3H3. The van der Waals surface area contributed by atoms with E-state index >= 15 is 0 Å². The maximum Gasteiger partial charge on any atom is 0.158 e. The average Bonchev–Trinajstić information content (AvgIpc) is 3.23. The highest BCUT2D eigenvalue weighted by Crippen LogP contribution is 2.55. The Labute approximate surface area is 136 Å². The number of hydrogen-bond donors (Lipinski definition) is 2. The Kier molecular flexibility index (Phi) is 4.08. The summed E-state index contributed by atoms with van der Waals surface area (Å²) in [5, 5.41) is 19.2. The number of nitrogens with zero attached hydrogens (tertiary/aromatic N) is 2. The van der Waals surface area contributed by atoms with Crippen LogP contribution in [-0.2, 0) is 5.41 Å². The molecule has 0 amide bonds. The maximum absolute atomic E-state index is 9.61. The first kappa shape index (κ1) is 15.9. The van der Waals surface area contributed by atoms with Gasteiger partial charge in [0.05, 0.1) is 18.5 Å². The van der Waals surface area contributed by atoms with Crippen LogP contribution in [0.2, 0.25) is 0 Å². The van der Waals surface area contributed by atoms with Gasteiger partial charge in [-0.25, -0.2) is 9.97 Å². The molecule has 0 spiro atoms. The zero-order valence-electron chi connectivity index (χ0n) is 13.7. The van der Waals surface area contributed by atoms with E-state index < -0.39 is 6.29 Å². The van der Waals surface area contributed by atoms with Crippen molar-refractivity contribution in [3.63, 3.8) is 0 Å². The first-order valence-electron chi connectivity index (χ1n) is 7.79. The van der Waals surface area contributed by atoms with Gasteiger partial charge < -0.3 is 14.9 Å². The molecule has 2 N–H and O–H groups in total. The highest BCUT2D eigenvalue weighted by Gasteiger charge is 2.59. The van der Waals surface area contributed by atoms with E-state index in [1.807, 2.05) is 45.0 Å². The number of aliphatic hydroxyl groups is 2. The van der Waals surface area contributed by atoms with E-state index in [4.69, 9.17) is 4.74 Å². The molecule has 0 saturated heterocycles. The van der Waals surface area contributed by atoms with Crippen LogP contribution in [0.4, 0.5) is 0 Å². The first-order valence-corrected chi connectivity index (χ1v) is 7.79. The van der Waals surface area contributed by atoms with Crippen LogP contribution in [-0.4, -0.2) is 33.1 Å². The molecule has 2 aromatic rings. The molecule has 5 nitrogen and oxygen atoms in total. The summed E-state index contributed by atoms with van der Waals surface area (Å²) in [6.07, 6.45) is 1.03. The second-order valence-corrected chi connectivity index (χ2v) is 6.40. The zero-order valence-corrected chi connectivity index (χ0v) is 13.7. The Morgan fingerprint density at radius 2 is 1.91 bits per heavy atom. The van der Waals surface area contributed by atoms with Crippen molar-refractivity contribution in [3.8, 4) is 5.75 Å². The number of hydrogen-bond acceptors (Lipinski definition) is 5. The molecule has 122 valence electrons. The van der Waals surface area contributed by atoms with Crippen molar-refractivity contribution in [1.29, 1.82) is 0 Å². The van der Waals surface area contributed by atoms with Crippen molar-refractivity contribution in [3.05, 3.63) is 53.1 Å². The Hall–Kier alpha value is -1.98. The van der Waals surface area contributed by atoms with E-state index in [0.717, 1.165) is 11.3 Å². The number of rotatable bonds is 5. The third-order valence-corrected chi connectivity index (χ3v) is 4.66. The lowest BCUT2D eigenvalue weighted by Crippen LogP contribution is -2.25. The monoisotopic (exact) mass is 314 g/mol. The van der Waals surface area contributed by atoms with E-state index in [9.17, 15) is 10.2 Å². The molecule has 1 aliphatic carbocycles. The smallest absolute Gasteiger partial charge is 0.158 e. The van der Waals surface area contributed by atoms with Crippen LogP contribution in [0, 0.1) is 26.7 Å². The highest BCUT2D eigenvalue weighted by atomic mass is 16.5. The molecular formula is C18H22N2O3. The second-order valence-electron chi connectivity index (χ2n) is 6.40. The second kappa shape index (κ2) is 5.91. The highest BCUT2D eigenvalue weighted by molar-refractivity contribution is 5.37. The van der Waals surface area contributed by atoms with Crippen LogP contribution in [0.5, 0.6) is 5.75 Å². The van der Waals surface area contributed by atoms with Gasteiger partial charge in [-0.1, -0.05) is 29.8 Å². The Morgan fingerprint density at radius 3 is 2.48 bits per heavy atom. The molecule has 1 saturated carbocycles. The lowest BCUT2D eigenvalue weighted by Gasteiger charge is -2.20. The maximum atomic E-state index is 9.61. The third kappa shape index (κ3) is 3.07. The van der Waals surface area contributed by atoms with Gasteiger partial charge in [0, 0.05) is 11.3 Å². The van der Waals surface area contributed by atoms with Crippen molar-refractivity contribution in [2.75, 3.05) is 6.61 Å². The fourth-order valence-electron chi connectivity index (χ4n) is 3.11. The molecule has 2 atom stereocenters. The Balaban J connectivity index is 1.82. The normalized spacial score (nSPS) is 23.1. The van der Waals surface area contributed by atoms with Gasteiger partial charge in [0.2, 0.25) is 0 Å². The topological polar surface area (TPSA) is 75.5 Å². The van der Waals surface area contributed by atoms with E-state index in [0.29, 0.717) is 24.6 Å². The molecule has 23 heavy (non-hydrogen) atoms. The Bertz CT molecular complexity index is 700. The summed E-state index contributed by atoms with van der Waals surface area (Å²) >= 11 is 0. The summed E-state index contributed by atoms with van der Waals surface area (Å²) in [4.78, 5) is 8.46. The summed E-state index contributed by atoms with van der Waals surface area (Å²) in [5.74, 6) is 1.13. The molecule has 3 rings (SSSR count). The number of benzene rings is 1. The molecule has 1 aromatic carbocycles. The number of aryl methyl sites for hydroxylation is 3. The number of ether oxygens (including phenoxy) is 1. The summed E-state index contributed by atoms with van der Waals surface area (Å²) in [6, 6.07) is 8.16. The van der Waals surface area contributed by atoms with Crippen LogP contribution in [0.1, 0.15) is 29.1 Å². The van der Waals surface area contributed by atoms with E-state index in [1.165, 1.54) is 5.56 Å². The van der Waals surface area contributed by atoms with Gasteiger partial charge in [-0.15, -0.1) is 0 Å². The lowest BCUT2D eigenvalue weighted by atomic mass is 9.93. The van der Waals surface area contributed by atoms with E-state index in [2.05, 4.69) is 9.97 Å². The number of aromatic nitrogens is 2. The zero-order chi connectivity index (χ0) is 16.6. The van der Waals surface area contributed by atoms with Crippen molar-refractivity contribution in [1.82, 2.24) is 9.97 Å². The minimum absolute atomic E-state index is 0.211. The minimum Gasteiger partial charge on any atom is -0.489 e. The fraction of sp³-hybridized carbons (Fsp3) is 0.444. The predicted octanol–water partition coefficient (Wildman–Crippen LogP) is 2.05. The van der Waals surface area contributed by atoms with Gasteiger partial charge in [0.25, 0.3) is 0 Å². The first-order chi connectivity index (χ1) is 10.9. The molecule has 0 radical (unpaired) electrons. The Morgan fingerprint density at radius 1 is 1.22 bits per heavy atom. The van der Waals surface area contributed by atoms with Gasteiger partial charge in [-0.05, 0) is 32.8 Å². The van der Waals surface area contributed by atoms with Gasteiger partial charge in [0.1, 0.15) is 5.82 Å². The van der Waals surface area contributed by atoms with Gasteiger partial charge in [-0.2, -0.15) is 0 Å². The van der Waals surface area contributed by atoms with Crippen LogP contribution >= 0.6 is 0 Å². The number of aliphatic hydroxyl groups excluding tert-OH is 1.